The fraction of sp³-hybridized carbons (Fsp3) is 0.778. The van der Waals surface area contributed by atoms with E-state index in [9.17, 15) is 0 Å². The van der Waals surface area contributed by atoms with E-state index in [4.69, 9.17) is 9.47 Å². The Morgan fingerprint density at radius 2 is 2.09 bits per heavy atom. The van der Waals surface area contributed by atoms with Gasteiger partial charge in [0.2, 0.25) is 0 Å². The predicted molar refractivity (Wildman–Crippen MR) is 42.5 cm³/mol. The summed E-state index contributed by atoms with van der Waals surface area (Å²) in [6.45, 7) is 1.53. The Morgan fingerprint density at radius 1 is 1.18 bits per heavy atom. The Bertz CT molecular complexity index is 154. The monoisotopic (exact) mass is 154 g/mol. The summed E-state index contributed by atoms with van der Waals surface area (Å²) in [5.74, 6) is 0. The van der Waals surface area contributed by atoms with Crippen LogP contribution < -0.4 is 0 Å². The number of allylic oxidation sites excluding steroid dienone is 1. The number of hydrogen-bond donors (Lipinski definition) is 0. The minimum absolute atomic E-state index is 0.242. The maximum atomic E-state index is 5.59. The van der Waals surface area contributed by atoms with Crippen molar-refractivity contribution in [3.63, 3.8) is 0 Å². The molecular formula is C9H14O2. The lowest BCUT2D eigenvalue weighted by Crippen LogP contribution is -2.36. The lowest BCUT2D eigenvalue weighted by atomic mass is 10.1. The highest BCUT2D eigenvalue weighted by atomic mass is 16.6. The zero-order valence-electron chi connectivity index (χ0n) is 6.66. The van der Waals surface area contributed by atoms with Gasteiger partial charge in [-0.15, -0.1) is 0 Å². The number of ether oxygens (including phenoxy) is 2. The third-order valence-corrected chi connectivity index (χ3v) is 2.28. The van der Waals surface area contributed by atoms with Gasteiger partial charge in [-0.2, -0.15) is 0 Å². The first kappa shape index (κ1) is 7.32. The van der Waals surface area contributed by atoms with Crippen LogP contribution in [0.2, 0.25) is 0 Å². The van der Waals surface area contributed by atoms with E-state index >= 15 is 0 Å². The van der Waals surface area contributed by atoms with Gasteiger partial charge in [0.1, 0.15) is 6.10 Å². The molecule has 1 fully saturated rings. The standard InChI is InChI=1S/C9H14O2/c1-2-4-8-9(5-3-1)11-7-6-10-8/h2,4,8-9H,1,3,5-7H2/t8-,9+/m1/s1. The van der Waals surface area contributed by atoms with Gasteiger partial charge in [-0.3, -0.25) is 0 Å². The zero-order valence-corrected chi connectivity index (χ0v) is 6.66. The molecule has 2 atom stereocenters. The van der Waals surface area contributed by atoms with E-state index in [0.717, 1.165) is 19.6 Å². The van der Waals surface area contributed by atoms with Crippen LogP contribution >= 0.6 is 0 Å². The lowest BCUT2D eigenvalue weighted by Gasteiger charge is -2.28. The molecule has 0 amide bonds. The van der Waals surface area contributed by atoms with E-state index in [1.165, 1.54) is 12.8 Å². The van der Waals surface area contributed by atoms with E-state index < -0.39 is 0 Å². The van der Waals surface area contributed by atoms with Gasteiger partial charge in [0.15, 0.2) is 0 Å². The number of rotatable bonds is 0. The summed E-state index contributed by atoms with van der Waals surface area (Å²) in [6.07, 6.45) is 8.50. The van der Waals surface area contributed by atoms with Crippen molar-refractivity contribution in [1.29, 1.82) is 0 Å². The molecule has 0 bridgehead atoms. The second-order valence-electron chi connectivity index (χ2n) is 3.10. The molecular weight excluding hydrogens is 140 g/mol. The SMILES string of the molecule is C1=C[C@H]2OCCO[C@H]2CCC1. The van der Waals surface area contributed by atoms with Gasteiger partial charge in [-0.25, -0.2) is 0 Å². The third-order valence-electron chi connectivity index (χ3n) is 2.28. The van der Waals surface area contributed by atoms with Crippen LogP contribution in [-0.4, -0.2) is 25.4 Å². The smallest absolute Gasteiger partial charge is 0.102 e. The van der Waals surface area contributed by atoms with Crippen molar-refractivity contribution < 1.29 is 9.47 Å². The zero-order chi connectivity index (χ0) is 7.52. The maximum absolute atomic E-state index is 5.59. The van der Waals surface area contributed by atoms with Crippen molar-refractivity contribution in [2.24, 2.45) is 0 Å². The van der Waals surface area contributed by atoms with E-state index in [1.54, 1.807) is 0 Å². The van der Waals surface area contributed by atoms with E-state index in [0.29, 0.717) is 6.10 Å². The first-order valence-corrected chi connectivity index (χ1v) is 4.37. The topological polar surface area (TPSA) is 18.5 Å². The van der Waals surface area contributed by atoms with Crippen LogP contribution in [0.25, 0.3) is 0 Å². The Kier molecular flexibility index (Phi) is 2.24. The summed E-state index contributed by atoms with van der Waals surface area (Å²) in [5, 5.41) is 0. The van der Waals surface area contributed by atoms with E-state index in [-0.39, 0.29) is 6.10 Å². The van der Waals surface area contributed by atoms with Crippen molar-refractivity contribution in [2.45, 2.75) is 31.5 Å². The molecule has 62 valence electrons. The molecule has 0 unspecified atom stereocenters. The van der Waals surface area contributed by atoms with Crippen molar-refractivity contribution in [3.05, 3.63) is 12.2 Å². The molecule has 0 saturated carbocycles. The number of fused-ring (bicyclic) bond motifs is 1. The molecule has 11 heavy (non-hydrogen) atoms. The summed E-state index contributed by atoms with van der Waals surface area (Å²) in [4.78, 5) is 0. The lowest BCUT2D eigenvalue weighted by molar-refractivity contribution is -0.122. The normalized spacial score (nSPS) is 37.8. The Morgan fingerprint density at radius 3 is 3.09 bits per heavy atom. The molecule has 2 heteroatoms. The third kappa shape index (κ3) is 1.63. The summed E-state index contributed by atoms with van der Waals surface area (Å²) < 4.78 is 11.1. The summed E-state index contributed by atoms with van der Waals surface area (Å²) in [5.41, 5.74) is 0. The minimum Gasteiger partial charge on any atom is -0.373 e. The molecule has 0 aromatic rings. The van der Waals surface area contributed by atoms with Crippen molar-refractivity contribution in [3.8, 4) is 0 Å². The van der Waals surface area contributed by atoms with Crippen molar-refractivity contribution in [2.75, 3.05) is 13.2 Å². The van der Waals surface area contributed by atoms with Crippen molar-refractivity contribution in [1.82, 2.24) is 0 Å². The van der Waals surface area contributed by atoms with Crippen molar-refractivity contribution >= 4 is 0 Å². The van der Waals surface area contributed by atoms with Crippen LogP contribution in [-0.2, 0) is 9.47 Å². The van der Waals surface area contributed by atoms with Crippen LogP contribution in [0.3, 0.4) is 0 Å². The fourth-order valence-corrected chi connectivity index (χ4v) is 1.68. The second-order valence-corrected chi connectivity index (χ2v) is 3.10. The van der Waals surface area contributed by atoms with Gasteiger partial charge < -0.3 is 9.47 Å². The average Bonchev–Trinajstić information content (AvgIpc) is 2.28. The largest absolute Gasteiger partial charge is 0.373 e. The molecule has 0 radical (unpaired) electrons. The fourth-order valence-electron chi connectivity index (χ4n) is 1.68. The first-order chi connectivity index (χ1) is 5.47. The van der Waals surface area contributed by atoms with Crippen LogP contribution in [0, 0.1) is 0 Å². The quantitative estimate of drug-likeness (QED) is 0.492. The van der Waals surface area contributed by atoms with E-state index in [1.807, 2.05) is 0 Å². The molecule has 1 aliphatic heterocycles. The Hall–Kier alpha value is -0.340. The maximum Gasteiger partial charge on any atom is 0.102 e. The predicted octanol–water partition coefficient (Wildman–Crippen LogP) is 1.51. The van der Waals surface area contributed by atoms with Gasteiger partial charge in [0, 0.05) is 0 Å². The van der Waals surface area contributed by atoms with Gasteiger partial charge in [0.05, 0.1) is 19.3 Å². The second kappa shape index (κ2) is 3.37. The highest BCUT2D eigenvalue weighted by molar-refractivity contribution is 4.97. The molecule has 0 spiro atoms. The Labute approximate surface area is 67.2 Å². The van der Waals surface area contributed by atoms with Crippen LogP contribution in [0.1, 0.15) is 19.3 Å². The average molecular weight is 154 g/mol. The molecule has 0 aromatic heterocycles. The molecule has 2 aliphatic rings. The summed E-state index contributed by atoms with van der Waals surface area (Å²) >= 11 is 0. The molecule has 1 saturated heterocycles. The van der Waals surface area contributed by atoms with E-state index in [2.05, 4.69) is 12.2 Å². The molecule has 1 aliphatic carbocycles. The molecule has 1 heterocycles. The van der Waals surface area contributed by atoms with Gasteiger partial charge >= 0.3 is 0 Å². The van der Waals surface area contributed by atoms with Gasteiger partial charge in [-0.1, -0.05) is 12.2 Å². The molecule has 2 rings (SSSR count). The summed E-state index contributed by atoms with van der Waals surface area (Å²) in [6, 6.07) is 0. The minimum atomic E-state index is 0.242. The number of hydrogen-bond acceptors (Lipinski definition) is 2. The highest BCUT2D eigenvalue weighted by Crippen LogP contribution is 2.20. The van der Waals surface area contributed by atoms with Crippen LogP contribution in [0.15, 0.2) is 12.2 Å². The highest BCUT2D eigenvalue weighted by Gasteiger charge is 2.25. The molecule has 2 nitrogen and oxygen atoms in total. The summed E-state index contributed by atoms with van der Waals surface area (Å²) in [7, 11) is 0. The van der Waals surface area contributed by atoms with Gasteiger partial charge in [-0.05, 0) is 19.3 Å². The first-order valence-electron chi connectivity index (χ1n) is 4.37. The van der Waals surface area contributed by atoms with Crippen LogP contribution in [0.5, 0.6) is 0 Å². The van der Waals surface area contributed by atoms with Crippen LogP contribution in [0.4, 0.5) is 0 Å². The Balaban J connectivity index is 2.02. The molecule has 0 N–H and O–H groups in total. The molecule has 0 aromatic carbocycles. The van der Waals surface area contributed by atoms with Gasteiger partial charge in [0.25, 0.3) is 0 Å².